The first-order chi connectivity index (χ1) is 14.9. The van der Waals surface area contributed by atoms with Crippen LogP contribution in [0.15, 0.2) is 57.8 Å². The summed E-state index contributed by atoms with van der Waals surface area (Å²) in [5.74, 6) is 2.06. The van der Waals surface area contributed by atoms with Crippen LogP contribution >= 0.6 is 11.8 Å². The molecule has 0 fully saturated rings. The fourth-order valence-electron chi connectivity index (χ4n) is 2.93. The second kappa shape index (κ2) is 11.2. The van der Waals surface area contributed by atoms with E-state index in [0.29, 0.717) is 24.6 Å². The van der Waals surface area contributed by atoms with Crippen LogP contribution in [0.25, 0.3) is 11.5 Å². The van der Waals surface area contributed by atoms with Crippen molar-refractivity contribution >= 4 is 17.7 Å². The van der Waals surface area contributed by atoms with Crippen LogP contribution in [0.2, 0.25) is 0 Å². The summed E-state index contributed by atoms with van der Waals surface area (Å²) in [4.78, 5) is 18.2. The average Bonchev–Trinajstić information content (AvgIpc) is 3.13. The third-order valence-electron chi connectivity index (χ3n) is 4.74. The van der Waals surface area contributed by atoms with E-state index in [0.717, 1.165) is 29.2 Å². The van der Waals surface area contributed by atoms with Crippen LogP contribution in [0.4, 0.5) is 0 Å². The monoisotopic (exact) mass is 438 g/mol. The topological polar surface area (TPSA) is 64.4 Å². The maximum atomic E-state index is 12.3. The molecule has 5 nitrogen and oxygen atoms in total. The summed E-state index contributed by atoms with van der Waals surface area (Å²) in [6.07, 6.45) is 1.00. The number of aromatic nitrogens is 1. The quantitative estimate of drug-likeness (QED) is 0.320. The van der Waals surface area contributed by atoms with Crippen molar-refractivity contribution in [2.45, 2.75) is 50.9 Å². The highest BCUT2D eigenvalue weighted by molar-refractivity contribution is 7.98. The van der Waals surface area contributed by atoms with Gasteiger partial charge in [-0.25, -0.2) is 4.98 Å². The van der Waals surface area contributed by atoms with Gasteiger partial charge in [0.15, 0.2) is 0 Å². The first-order valence-electron chi connectivity index (χ1n) is 10.6. The van der Waals surface area contributed by atoms with E-state index >= 15 is 0 Å². The van der Waals surface area contributed by atoms with Gasteiger partial charge in [-0.1, -0.05) is 17.7 Å². The first kappa shape index (κ1) is 23.1. The number of ether oxygens (including phenoxy) is 1. The number of thioether (sulfide) groups is 1. The molecule has 0 aliphatic carbocycles. The molecule has 0 aliphatic heterocycles. The summed E-state index contributed by atoms with van der Waals surface area (Å²) < 4.78 is 11.4. The van der Waals surface area contributed by atoms with Gasteiger partial charge in [-0.2, -0.15) is 0 Å². The molecule has 3 aromatic rings. The summed E-state index contributed by atoms with van der Waals surface area (Å²) in [5, 5.41) is 2.92. The molecule has 2 aromatic carbocycles. The highest BCUT2D eigenvalue weighted by atomic mass is 32.2. The van der Waals surface area contributed by atoms with Crippen molar-refractivity contribution in [2.24, 2.45) is 0 Å². The fourth-order valence-corrected chi connectivity index (χ4v) is 3.83. The van der Waals surface area contributed by atoms with Crippen molar-refractivity contribution in [2.75, 3.05) is 13.2 Å². The second-order valence-corrected chi connectivity index (χ2v) is 8.78. The minimum absolute atomic E-state index is 0.0881. The molecule has 1 N–H and O–H groups in total. The van der Waals surface area contributed by atoms with Gasteiger partial charge in [-0.05, 0) is 70.5 Å². The Kier molecular flexibility index (Phi) is 8.32. The Morgan fingerprint density at radius 1 is 1.10 bits per heavy atom. The van der Waals surface area contributed by atoms with Crippen molar-refractivity contribution in [3.63, 3.8) is 0 Å². The molecule has 0 saturated heterocycles. The lowest BCUT2D eigenvalue weighted by Gasteiger charge is -2.08. The van der Waals surface area contributed by atoms with Crippen molar-refractivity contribution in [1.82, 2.24) is 10.3 Å². The van der Waals surface area contributed by atoms with E-state index in [-0.39, 0.29) is 12.0 Å². The largest absolute Gasteiger partial charge is 0.441 e. The molecule has 0 saturated carbocycles. The lowest BCUT2D eigenvalue weighted by atomic mass is 10.1. The number of amides is 1. The first-order valence-corrected chi connectivity index (χ1v) is 11.6. The lowest BCUT2D eigenvalue weighted by Crippen LogP contribution is -2.25. The van der Waals surface area contributed by atoms with E-state index in [1.807, 2.05) is 32.9 Å². The van der Waals surface area contributed by atoms with Crippen molar-refractivity contribution in [3.8, 4) is 11.5 Å². The van der Waals surface area contributed by atoms with Crippen LogP contribution in [-0.2, 0) is 10.5 Å². The minimum Gasteiger partial charge on any atom is -0.441 e. The van der Waals surface area contributed by atoms with Crippen LogP contribution in [0, 0.1) is 13.8 Å². The minimum atomic E-state index is -0.0881. The molecule has 0 bridgehead atoms. The number of hydrogen-bond acceptors (Lipinski definition) is 5. The smallest absolute Gasteiger partial charge is 0.251 e. The zero-order chi connectivity index (χ0) is 22.2. The molecule has 1 amide bonds. The number of carbonyl (C=O) groups is 1. The molecule has 0 aliphatic rings. The molecule has 6 heteroatoms. The summed E-state index contributed by atoms with van der Waals surface area (Å²) >= 11 is 1.74. The lowest BCUT2D eigenvalue weighted by molar-refractivity contribution is 0.0757. The zero-order valence-corrected chi connectivity index (χ0v) is 19.4. The second-order valence-electron chi connectivity index (χ2n) is 7.73. The molecular formula is C25H30N2O3S. The molecule has 31 heavy (non-hydrogen) atoms. The number of carbonyl (C=O) groups excluding carboxylic acids is 1. The number of oxazole rings is 1. The van der Waals surface area contributed by atoms with Crippen molar-refractivity contribution < 1.29 is 13.9 Å². The maximum Gasteiger partial charge on any atom is 0.251 e. The standard InChI is InChI=1S/C25H30N2O3S/c1-17(2)29-15-5-14-26-24(28)20-8-10-21(11-9-20)25-27-23(19(4)30-25)16-31-22-12-6-18(3)7-13-22/h6-13,17H,5,14-16H2,1-4H3,(H,26,28). The Bertz CT molecular complexity index is 979. The van der Waals surface area contributed by atoms with E-state index < -0.39 is 0 Å². The van der Waals surface area contributed by atoms with Gasteiger partial charge in [-0.15, -0.1) is 11.8 Å². The Balaban J connectivity index is 1.55. The predicted molar refractivity (Wildman–Crippen MR) is 125 cm³/mol. The highest BCUT2D eigenvalue weighted by Gasteiger charge is 2.13. The number of nitrogens with one attached hydrogen (secondary N) is 1. The predicted octanol–water partition coefficient (Wildman–Crippen LogP) is 5.80. The van der Waals surface area contributed by atoms with E-state index in [9.17, 15) is 4.79 Å². The van der Waals surface area contributed by atoms with E-state index in [4.69, 9.17) is 9.15 Å². The normalized spacial score (nSPS) is 11.1. The molecule has 0 spiro atoms. The van der Waals surface area contributed by atoms with Gasteiger partial charge >= 0.3 is 0 Å². The maximum absolute atomic E-state index is 12.3. The van der Waals surface area contributed by atoms with Gasteiger partial charge in [0, 0.05) is 34.9 Å². The summed E-state index contributed by atoms with van der Waals surface area (Å²) in [6, 6.07) is 15.8. The van der Waals surface area contributed by atoms with Gasteiger partial charge < -0.3 is 14.5 Å². The van der Waals surface area contributed by atoms with Gasteiger partial charge in [0.2, 0.25) is 5.89 Å². The van der Waals surface area contributed by atoms with E-state index in [1.165, 1.54) is 10.5 Å². The number of aryl methyl sites for hydroxylation is 2. The Labute approximate surface area is 188 Å². The summed E-state index contributed by atoms with van der Waals surface area (Å²) in [6.45, 7) is 9.26. The number of nitrogens with zero attached hydrogens (tertiary/aromatic N) is 1. The Hall–Kier alpha value is -2.57. The molecule has 0 radical (unpaired) electrons. The fraction of sp³-hybridized carbons (Fsp3) is 0.360. The molecular weight excluding hydrogens is 408 g/mol. The third-order valence-corrected chi connectivity index (χ3v) is 5.76. The van der Waals surface area contributed by atoms with Crippen LogP contribution in [0.3, 0.4) is 0 Å². The molecule has 0 atom stereocenters. The van der Waals surface area contributed by atoms with Crippen LogP contribution in [0.5, 0.6) is 0 Å². The van der Waals surface area contributed by atoms with Crippen LogP contribution < -0.4 is 5.32 Å². The van der Waals surface area contributed by atoms with Gasteiger partial charge in [-0.3, -0.25) is 4.79 Å². The molecule has 1 heterocycles. The molecule has 3 rings (SSSR count). The summed E-state index contributed by atoms with van der Waals surface area (Å²) in [5.41, 5.74) is 3.66. The van der Waals surface area contributed by atoms with Gasteiger partial charge in [0.05, 0.1) is 11.8 Å². The number of hydrogen-bond donors (Lipinski definition) is 1. The SMILES string of the molecule is Cc1ccc(SCc2nc(-c3ccc(C(=O)NCCCOC(C)C)cc3)oc2C)cc1. The van der Waals surface area contributed by atoms with Crippen molar-refractivity contribution in [1.29, 1.82) is 0 Å². The highest BCUT2D eigenvalue weighted by Crippen LogP contribution is 2.28. The van der Waals surface area contributed by atoms with Crippen LogP contribution in [-0.4, -0.2) is 30.1 Å². The summed E-state index contributed by atoms with van der Waals surface area (Å²) in [7, 11) is 0. The molecule has 1 aromatic heterocycles. The van der Waals surface area contributed by atoms with E-state index in [1.54, 1.807) is 23.9 Å². The Morgan fingerprint density at radius 2 is 1.81 bits per heavy atom. The average molecular weight is 439 g/mol. The van der Waals surface area contributed by atoms with Crippen LogP contribution in [0.1, 0.15) is 47.6 Å². The number of benzene rings is 2. The van der Waals surface area contributed by atoms with Gasteiger partial charge in [0.1, 0.15) is 5.76 Å². The van der Waals surface area contributed by atoms with Gasteiger partial charge in [0.25, 0.3) is 5.91 Å². The zero-order valence-electron chi connectivity index (χ0n) is 18.6. The van der Waals surface area contributed by atoms with E-state index in [2.05, 4.69) is 41.5 Å². The third kappa shape index (κ3) is 6.97. The Morgan fingerprint density at radius 3 is 2.48 bits per heavy atom. The molecule has 0 unspecified atom stereocenters. The molecule has 164 valence electrons. The van der Waals surface area contributed by atoms with Crippen molar-refractivity contribution in [3.05, 3.63) is 71.1 Å². The number of rotatable bonds is 10.